The summed E-state index contributed by atoms with van der Waals surface area (Å²) in [5.41, 5.74) is 0.397. The highest BCUT2D eigenvalue weighted by atomic mass is 19.1. The highest BCUT2D eigenvalue weighted by Crippen LogP contribution is 2.20. The van der Waals surface area contributed by atoms with Crippen LogP contribution in [0.25, 0.3) is 0 Å². The van der Waals surface area contributed by atoms with Crippen molar-refractivity contribution < 1.29 is 13.9 Å². The van der Waals surface area contributed by atoms with Crippen LogP contribution in [0.5, 0.6) is 5.75 Å². The van der Waals surface area contributed by atoms with Gasteiger partial charge in [0.1, 0.15) is 0 Å². The number of halogens is 1. The second kappa shape index (κ2) is 6.65. The Morgan fingerprint density at radius 1 is 1.59 bits per heavy atom. The first-order chi connectivity index (χ1) is 8.17. The molecule has 92 valence electrons. The van der Waals surface area contributed by atoms with Crippen molar-refractivity contribution in [1.82, 2.24) is 5.32 Å². The topological polar surface area (TPSA) is 50.4 Å². The van der Waals surface area contributed by atoms with Crippen LogP contribution in [0.4, 0.5) is 10.1 Å². The van der Waals surface area contributed by atoms with E-state index >= 15 is 0 Å². The van der Waals surface area contributed by atoms with E-state index in [0.717, 1.165) is 0 Å². The number of hydrogen-bond donors (Lipinski definition) is 2. The molecular formula is C12H15FN2O2. The Kier molecular flexibility index (Phi) is 5.16. The molecule has 0 radical (unpaired) electrons. The zero-order valence-electron chi connectivity index (χ0n) is 9.63. The molecule has 1 rings (SSSR count). The molecule has 17 heavy (non-hydrogen) atoms. The van der Waals surface area contributed by atoms with Gasteiger partial charge in [-0.2, -0.15) is 0 Å². The molecule has 1 aromatic rings. The number of nitrogens with one attached hydrogen (secondary N) is 2. The van der Waals surface area contributed by atoms with Gasteiger partial charge in [-0.15, -0.1) is 6.58 Å². The average molecular weight is 238 g/mol. The Balaban J connectivity index is 2.53. The largest absolute Gasteiger partial charge is 0.494 e. The van der Waals surface area contributed by atoms with Crippen molar-refractivity contribution in [2.75, 3.05) is 25.5 Å². The van der Waals surface area contributed by atoms with E-state index in [2.05, 4.69) is 17.2 Å². The van der Waals surface area contributed by atoms with Gasteiger partial charge in [0, 0.05) is 18.3 Å². The van der Waals surface area contributed by atoms with E-state index in [-0.39, 0.29) is 18.2 Å². The van der Waals surface area contributed by atoms with Gasteiger partial charge in [-0.25, -0.2) is 4.39 Å². The monoisotopic (exact) mass is 238 g/mol. The van der Waals surface area contributed by atoms with Crippen molar-refractivity contribution in [2.24, 2.45) is 0 Å². The van der Waals surface area contributed by atoms with Crippen LogP contribution in [0, 0.1) is 5.82 Å². The van der Waals surface area contributed by atoms with Gasteiger partial charge in [0.05, 0.1) is 13.7 Å². The van der Waals surface area contributed by atoms with Gasteiger partial charge in [0.15, 0.2) is 11.6 Å². The fourth-order valence-electron chi connectivity index (χ4n) is 1.24. The summed E-state index contributed by atoms with van der Waals surface area (Å²) in [6.45, 7) is 4.21. The zero-order valence-corrected chi connectivity index (χ0v) is 9.63. The predicted molar refractivity (Wildman–Crippen MR) is 64.6 cm³/mol. The Labute approximate surface area is 99.5 Å². The third-order valence-electron chi connectivity index (χ3n) is 2.01. The van der Waals surface area contributed by atoms with E-state index in [1.54, 1.807) is 12.1 Å². The zero-order chi connectivity index (χ0) is 12.7. The minimum absolute atomic E-state index is 0.146. The molecule has 0 heterocycles. The molecule has 0 atom stereocenters. The second-order valence-electron chi connectivity index (χ2n) is 3.32. The molecule has 1 aromatic carbocycles. The Bertz CT molecular complexity index is 407. The molecule has 0 saturated heterocycles. The molecule has 0 bridgehead atoms. The summed E-state index contributed by atoms with van der Waals surface area (Å²) in [6.07, 6.45) is 1.65. The van der Waals surface area contributed by atoms with E-state index < -0.39 is 5.82 Å². The molecule has 0 fully saturated rings. The average Bonchev–Trinajstić information content (AvgIpc) is 2.29. The van der Waals surface area contributed by atoms with Crippen LogP contribution in [-0.4, -0.2) is 26.1 Å². The van der Waals surface area contributed by atoms with E-state index in [1.807, 2.05) is 0 Å². The molecule has 0 aliphatic heterocycles. The molecule has 1 amide bonds. The van der Waals surface area contributed by atoms with E-state index in [9.17, 15) is 9.18 Å². The van der Waals surface area contributed by atoms with Gasteiger partial charge >= 0.3 is 0 Å². The molecule has 2 N–H and O–H groups in total. The molecule has 0 aliphatic carbocycles. The van der Waals surface area contributed by atoms with Crippen LogP contribution < -0.4 is 15.4 Å². The van der Waals surface area contributed by atoms with Crippen LogP contribution in [0.1, 0.15) is 0 Å². The smallest absolute Gasteiger partial charge is 0.238 e. The van der Waals surface area contributed by atoms with Crippen molar-refractivity contribution in [2.45, 2.75) is 0 Å². The molecule has 0 saturated carbocycles. The molecule has 0 aliphatic rings. The second-order valence-corrected chi connectivity index (χ2v) is 3.32. The summed E-state index contributed by atoms with van der Waals surface area (Å²) in [5, 5.41) is 5.41. The Hall–Kier alpha value is -1.88. The van der Waals surface area contributed by atoms with Crippen molar-refractivity contribution in [3.05, 3.63) is 36.7 Å². The Morgan fingerprint density at radius 3 is 2.94 bits per heavy atom. The van der Waals surface area contributed by atoms with Gasteiger partial charge in [-0.1, -0.05) is 6.08 Å². The standard InChI is InChI=1S/C12H15FN2O2/c1-3-6-14-8-12(16)15-9-4-5-11(17-2)10(13)7-9/h3-5,7,14H,1,6,8H2,2H3,(H,15,16). The summed E-state index contributed by atoms with van der Waals surface area (Å²) >= 11 is 0. The first kappa shape index (κ1) is 13.2. The lowest BCUT2D eigenvalue weighted by atomic mass is 10.3. The third-order valence-corrected chi connectivity index (χ3v) is 2.01. The highest BCUT2D eigenvalue weighted by molar-refractivity contribution is 5.92. The molecular weight excluding hydrogens is 223 g/mol. The molecule has 5 heteroatoms. The normalized spacial score (nSPS) is 9.76. The highest BCUT2D eigenvalue weighted by Gasteiger charge is 2.05. The SMILES string of the molecule is C=CCNCC(=O)Nc1ccc(OC)c(F)c1. The van der Waals surface area contributed by atoms with Gasteiger partial charge in [0.2, 0.25) is 5.91 Å². The summed E-state index contributed by atoms with van der Waals surface area (Å²) in [5.74, 6) is -0.603. The van der Waals surface area contributed by atoms with Gasteiger partial charge in [-0.3, -0.25) is 4.79 Å². The predicted octanol–water partition coefficient (Wildman–Crippen LogP) is 1.55. The van der Waals surface area contributed by atoms with Gasteiger partial charge < -0.3 is 15.4 Å². The van der Waals surface area contributed by atoms with Crippen LogP contribution in [0.3, 0.4) is 0 Å². The lowest BCUT2D eigenvalue weighted by Gasteiger charge is -2.07. The summed E-state index contributed by atoms with van der Waals surface area (Å²) in [7, 11) is 1.38. The maximum atomic E-state index is 13.3. The van der Waals surface area contributed by atoms with Crippen LogP contribution in [-0.2, 0) is 4.79 Å². The van der Waals surface area contributed by atoms with E-state index in [1.165, 1.54) is 19.2 Å². The lowest BCUT2D eigenvalue weighted by molar-refractivity contribution is -0.115. The maximum Gasteiger partial charge on any atom is 0.238 e. The van der Waals surface area contributed by atoms with Crippen molar-refractivity contribution in [1.29, 1.82) is 0 Å². The number of amides is 1. The van der Waals surface area contributed by atoms with Crippen LogP contribution in [0.2, 0.25) is 0 Å². The van der Waals surface area contributed by atoms with Crippen molar-refractivity contribution in [3.8, 4) is 5.75 Å². The molecule has 4 nitrogen and oxygen atoms in total. The van der Waals surface area contributed by atoms with Crippen LogP contribution >= 0.6 is 0 Å². The minimum atomic E-state index is -0.510. The summed E-state index contributed by atoms with van der Waals surface area (Å²) in [6, 6.07) is 4.25. The number of carbonyl (C=O) groups excluding carboxylic acids is 1. The summed E-state index contributed by atoms with van der Waals surface area (Å²) < 4.78 is 18.1. The third kappa shape index (κ3) is 4.24. The number of carbonyl (C=O) groups is 1. The lowest BCUT2D eigenvalue weighted by Crippen LogP contribution is -2.28. The number of methoxy groups -OCH3 is 1. The summed E-state index contributed by atoms with van der Waals surface area (Å²) in [4.78, 5) is 11.4. The fraction of sp³-hybridized carbons (Fsp3) is 0.250. The van der Waals surface area contributed by atoms with E-state index in [0.29, 0.717) is 12.2 Å². The Morgan fingerprint density at radius 2 is 2.35 bits per heavy atom. The molecule has 0 unspecified atom stereocenters. The number of anilines is 1. The number of ether oxygens (including phenoxy) is 1. The quantitative estimate of drug-likeness (QED) is 0.584. The van der Waals surface area contributed by atoms with Crippen LogP contribution in [0.15, 0.2) is 30.9 Å². The van der Waals surface area contributed by atoms with E-state index in [4.69, 9.17) is 4.74 Å². The van der Waals surface area contributed by atoms with Crippen molar-refractivity contribution in [3.63, 3.8) is 0 Å². The first-order valence-corrected chi connectivity index (χ1v) is 5.12. The first-order valence-electron chi connectivity index (χ1n) is 5.12. The minimum Gasteiger partial charge on any atom is -0.494 e. The molecule has 0 aromatic heterocycles. The number of rotatable bonds is 6. The fourth-order valence-corrected chi connectivity index (χ4v) is 1.24. The van der Waals surface area contributed by atoms with Gasteiger partial charge in [-0.05, 0) is 12.1 Å². The van der Waals surface area contributed by atoms with Gasteiger partial charge in [0.25, 0.3) is 0 Å². The molecule has 0 spiro atoms. The van der Waals surface area contributed by atoms with Crippen molar-refractivity contribution >= 4 is 11.6 Å². The maximum absolute atomic E-state index is 13.3. The number of hydrogen-bond acceptors (Lipinski definition) is 3. The number of benzene rings is 1.